The minimum atomic E-state index is -3.53. The van der Waals surface area contributed by atoms with Gasteiger partial charge in [0.2, 0.25) is 10.0 Å². The number of nitrogens with zero attached hydrogens (tertiary/aromatic N) is 1. The van der Waals surface area contributed by atoms with Gasteiger partial charge in [-0.2, -0.15) is 0 Å². The van der Waals surface area contributed by atoms with Crippen LogP contribution in [0, 0.1) is 0 Å². The second kappa shape index (κ2) is 4.29. The molecule has 0 amide bonds. The lowest BCUT2D eigenvalue weighted by Crippen LogP contribution is -2.22. The van der Waals surface area contributed by atoms with E-state index in [4.69, 9.17) is 11.6 Å². The van der Waals surface area contributed by atoms with E-state index in [1.807, 2.05) is 0 Å². The van der Waals surface area contributed by atoms with Crippen LogP contribution < -0.4 is 0 Å². The fourth-order valence-corrected chi connectivity index (χ4v) is 2.87. The monoisotopic (exact) mass is 313 g/mol. The molecule has 0 bridgehead atoms. The normalized spacial score (nSPS) is 12.1. The van der Waals surface area contributed by atoms with Gasteiger partial charge in [-0.1, -0.05) is 11.6 Å². The van der Waals surface area contributed by atoms with Gasteiger partial charge < -0.3 is 5.11 Å². The van der Waals surface area contributed by atoms with Gasteiger partial charge in [0, 0.05) is 14.1 Å². The zero-order chi connectivity index (χ0) is 11.8. The summed E-state index contributed by atoms with van der Waals surface area (Å²) in [6, 6.07) is 2.51. The van der Waals surface area contributed by atoms with Crippen LogP contribution in [0.25, 0.3) is 0 Å². The second-order valence-corrected chi connectivity index (χ2v) is 6.44. The molecule has 7 heteroatoms. The van der Waals surface area contributed by atoms with Crippen molar-refractivity contribution in [3.05, 3.63) is 21.6 Å². The van der Waals surface area contributed by atoms with Gasteiger partial charge in [0.1, 0.15) is 5.75 Å². The summed E-state index contributed by atoms with van der Waals surface area (Å²) in [4.78, 5) is 0.0298. The van der Waals surface area contributed by atoms with E-state index in [1.54, 1.807) is 0 Å². The van der Waals surface area contributed by atoms with Crippen LogP contribution in [0.5, 0.6) is 5.75 Å². The standard InChI is InChI=1S/C8H9BrClNO3S/c1-11(2)15(13,14)5-3-6(9)8(12)7(10)4-5/h3-4,12H,1-2H3. The maximum atomic E-state index is 11.7. The molecule has 0 fully saturated rings. The van der Waals surface area contributed by atoms with Crippen molar-refractivity contribution >= 4 is 37.6 Å². The molecule has 0 aliphatic heterocycles. The van der Waals surface area contributed by atoms with Crippen molar-refractivity contribution in [1.29, 1.82) is 0 Å². The highest BCUT2D eigenvalue weighted by Crippen LogP contribution is 2.34. The zero-order valence-electron chi connectivity index (χ0n) is 8.03. The Kier molecular flexibility index (Phi) is 3.65. The van der Waals surface area contributed by atoms with Gasteiger partial charge in [0.05, 0.1) is 14.4 Å². The maximum Gasteiger partial charge on any atom is 0.242 e. The van der Waals surface area contributed by atoms with Crippen LogP contribution >= 0.6 is 27.5 Å². The van der Waals surface area contributed by atoms with Gasteiger partial charge in [-0.15, -0.1) is 0 Å². The Bertz CT molecular complexity index is 464. The molecular weight excluding hydrogens is 306 g/mol. The topological polar surface area (TPSA) is 57.6 Å². The molecule has 0 heterocycles. The fourth-order valence-electron chi connectivity index (χ4n) is 0.902. The van der Waals surface area contributed by atoms with E-state index >= 15 is 0 Å². The van der Waals surface area contributed by atoms with Crippen LogP contribution in [0.15, 0.2) is 21.5 Å². The third-order valence-corrected chi connectivity index (χ3v) is 4.45. The quantitative estimate of drug-likeness (QED) is 0.909. The number of phenols is 1. The van der Waals surface area contributed by atoms with E-state index in [2.05, 4.69) is 15.9 Å². The van der Waals surface area contributed by atoms with Crippen LogP contribution in [-0.2, 0) is 10.0 Å². The van der Waals surface area contributed by atoms with Crippen molar-refractivity contribution in [3.8, 4) is 5.75 Å². The van der Waals surface area contributed by atoms with Crippen LogP contribution in [0.2, 0.25) is 5.02 Å². The Hall–Kier alpha value is -0.300. The summed E-state index contributed by atoms with van der Waals surface area (Å²) < 4.78 is 24.7. The molecule has 0 radical (unpaired) electrons. The van der Waals surface area contributed by atoms with E-state index in [0.717, 1.165) is 4.31 Å². The van der Waals surface area contributed by atoms with Gasteiger partial charge in [-0.05, 0) is 28.1 Å². The molecule has 0 aromatic heterocycles. The van der Waals surface area contributed by atoms with Crippen molar-refractivity contribution in [3.63, 3.8) is 0 Å². The van der Waals surface area contributed by atoms with E-state index < -0.39 is 10.0 Å². The number of hydrogen-bond donors (Lipinski definition) is 1. The first-order valence-electron chi connectivity index (χ1n) is 3.87. The smallest absolute Gasteiger partial charge is 0.242 e. The average molecular weight is 315 g/mol. The first kappa shape index (κ1) is 12.8. The highest BCUT2D eigenvalue weighted by Gasteiger charge is 2.20. The third kappa shape index (κ3) is 2.44. The van der Waals surface area contributed by atoms with Crippen molar-refractivity contribution < 1.29 is 13.5 Å². The van der Waals surface area contributed by atoms with E-state index in [9.17, 15) is 13.5 Å². The largest absolute Gasteiger partial charge is 0.505 e. The van der Waals surface area contributed by atoms with Crippen LogP contribution in [0.3, 0.4) is 0 Å². The third-order valence-electron chi connectivity index (χ3n) is 1.77. The predicted octanol–water partition coefficient (Wildman–Crippen LogP) is 2.06. The van der Waals surface area contributed by atoms with E-state index in [-0.39, 0.29) is 20.1 Å². The molecule has 1 aromatic rings. The summed E-state index contributed by atoms with van der Waals surface area (Å²) in [7, 11) is -0.690. The summed E-state index contributed by atoms with van der Waals surface area (Å²) in [6.07, 6.45) is 0. The summed E-state index contributed by atoms with van der Waals surface area (Å²) in [5.74, 6) is -0.172. The Morgan fingerprint density at radius 1 is 1.40 bits per heavy atom. The Labute approximate surface area is 102 Å². The first-order chi connectivity index (χ1) is 6.76. The van der Waals surface area contributed by atoms with Crippen LogP contribution in [0.1, 0.15) is 0 Å². The minimum absolute atomic E-state index is 0.00944. The molecule has 1 aromatic carbocycles. The molecular formula is C8H9BrClNO3S. The molecule has 4 nitrogen and oxygen atoms in total. The average Bonchev–Trinajstić information content (AvgIpc) is 2.13. The van der Waals surface area contributed by atoms with Crippen molar-refractivity contribution in [2.45, 2.75) is 4.90 Å². The van der Waals surface area contributed by atoms with E-state index in [1.165, 1.54) is 26.2 Å². The molecule has 0 aliphatic rings. The lowest BCUT2D eigenvalue weighted by Gasteiger charge is -2.12. The van der Waals surface area contributed by atoms with Crippen molar-refractivity contribution in [2.75, 3.05) is 14.1 Å². The molecule has 1 N–H and O–H groups in total. The molecule has 1 rings (SSSR count). The summed E-state index contributed by atoms with van der Waals surface area (Å²) in [6.45, 7) is 0. The maximum absolute atomic E-state index is 11.7. The number of rotatable bonds is 2. The summed E-state index contributed by atoms with van der Waals surface area (Å²) in [5, 5.41) is 9.34. The molecule has 0 unspecified atom stereocenters. The first-order valence-corrected chi connectivity index (χ1v) is 6.48. The minimum Gasteiger partial charge on any atom is -0.505 e. The molecule has 0 saturated carbocycles. The fraction of sp³-hybridized carbons (Fsp3) is 0.250. The lowest BCUT2D eigenvalue weighted by molar-refractivity contribution is 0.471. The Morgan fingerprint density at radius 2 is 1.93 bits per heavy atom. The summed E-state index contributed by atoms with van der Waals surface area (Å²) in [5.41, 5.74) is 0. The van der Waals surface area contributed by atoms with Gasteiger partial charge in [0.25, 0.3) is 0 Å². The van der Waals surface area contributed by atoms with Crippen LogP contribution in [0.4, 0.5) is 0 Å². The van der Waals surface area contributed by atoms with Crippen molar-refractivity contribution in [1.82, 2.24) is 4.31 Å². The number of hydrogen-bond acceptors (Lipinski definition) is 3. The van der Waals surface area contributed by atoms with Gasteiger partial charge in [-0.25, -0.2) is 12.7 Å². The Balaban J connectivity index is 3.42. The Morgan fingerprint density at radius 3 is 2.33 bits per heavy atom. The zero-order valence-corrected chi connectivity index (χ0v) is 11.2. The SMILES string of the molecule is CN(C)S(=O)(=O)c1cc(Cl)c(O)c(Br)c1. The predicted molar refractivity (Wildman–Crippen MR) is 61.7 cm³/mol. The second-order valence-electron chi connectivity index (χ2n) is 3.02. The highest BCUT2D eigenvalue weighted by molar-refractivity contribution is 9.10. The molecule has 0 spiro atoms. The number of phenolic OH excluding ortho intramolecular Hbond substituents is 1. The number of benzene rings is 1. The van der Waals surface area contributed by atoms with Gasteiger partial charge in [0.15, 0.2) is 0 Å². The lowest BCUT2D eigenvalue weighted by atomic mass is 10.3. The highest BCUT2D eigenvalue weighted by atomic mass is 79.9. The molecule has 15 heavy (non-hydrogen) atoms. The van der Waals surface area contributed by atoms with Crippen molar-refractivity contribution in [2.24, 2.45) is 0 Å². The molecule has 0 atom stereocenters. The number of aromatic hydroxyl groups is 1. The summed E-state index contributed by atoms with van der Waals surface area (Å²) >= 11 is 8.69. The van der Waals surface area contributed by atoms with Crippen LogP contribution in [-0.4, -0.2) is 31.9 Å². The number of halogens is 2. The van der Waals surface area contributed by atoms with Gasteiger partial charge >= 0.3 is 0 Å². The molecule has 0 saturated heterocycles. The number of sulfonamides is 1. The van der Waals surface area contributed by atoms with Gasteiger partial charge in [-0.3, -0.25) is 0 Å². The molecule has 0 aliphatic carbocycles. The molecule has 84 valence electrons. The van der Waals surface area contributed by atoms with E-state index in [0.29, 0.717) is 0 Å².